The number of amides is 1. The van der Waals surface area contributed by atoms with Crippen molar-refractivity contribution in [3.63, 3.8) is 0 Å². The minimum absolute atomic E-state index is 0.124. The van der Waals surface area contributed by atoms with E-state index in [9.17, 15) is 4.79 Å². The smallest absolute Gasteiger partial charge is 0.267 e. The first-order valence-electron chi connectivity index (χ1n) is 6.21. The number of anilines is 1. The van der Waals surface area contributed by atoms with Gasteiger partial charge in [0.15, 0.2) is 0 Å². The maximum absolute atomic E-state index is 12.3. The number of thiazole rings is 1. The summed E-state index contributed by atoms with van der Waals surface area (Å²) in [5.74, 6) is -0.124. The molecule has 2 heterocycles. The Bertz CT molecular complexity index is 781. The molecule has 21 heavy (non-hydrogen) atoms. The van der Waals surface area contributed by atoms with Gasteiger partial charge in [-0.15, -0.1) is 22.7 Å². The molecule has 3 nitrogen and oxygen atoms in total. The number of nitrogens with one attached hydrogen (secondary N) is 1. The van der Waals surface area contributed by atoms with Crippen molar-refractivity contribution in [3.05, 3.63) is 56.8 Å². The van der Waals surface area contributed by atoms with Gasteiger partial charge in [-0.25, -0.2) is 4.98 Å². The molecule has 1 amide bonds. The zero-order valence-electron chi connectivity index (χ0n) is 11.1. The Morgan fingerprint density at radius 1 is 1.33 bits per heavy atom. The number of halogens is 1. The summed E-state index contributed by atoms with van der Waals surface area (Å²) in [6, 6.07) is 9.75. The lowest BCUT2D eigenvalue weighted by atomic mass is 10.2. The Morgan fingerprint density at radius 3 is 2.90 bits per heavy atom. The number of hydrogen-bond donors (Lipinski definition) is 1. The second-order valence-corrected chi connectivity index (χ2v) is 7.31. The molecule has 3 rings (SSSR count). The number of carbonyl (C=O) groups excluding carboxylic acids is 1. The molecule has 106 valence electrons. The van der Waals surface area contributed by atoms with Gasteiger partial charge in [0.2, 0.25) is 0 Å². The third-order valence-corrected chi connectivity index (χ3v) is 5.43. The van der Waals surface area contributed by atoms with Crippen molar-refractivity contribution < 1.29 is 4.79 Å². The van der Waals surface area contributed by atoms with Crippen molar-refractivity contribution >= 4 is 50.2 Å². The molecule has 3 aromatic rings. The average Bonchev–Trinajstić information content (AvgIpc) is 3.10. The Labute approximate surface area is 138 Å². The van der Waals surface area contributed by atoms with Crippen LogP contribution in [0.2, 0.25) is 0 Å². The molecule has 0 unspecified atom stereocenters. The fraction of sp³-hybridized carbons (Fsp3) is 0.0667. The molecule has 0 atom stereocenters. The van der Waals surface area contributed by atoms with Crippen LogP contribution < -0.4 is 5.32 Å². The molecule has 1 aromatic carbocycles. The normalized spacial score (nSPS) is 10.6. The van der Waals surface area contributed by atoms with Gasteiger partial charge in [0.1, 0.15) is 9.88 Å². The van der Waals surface area contributed by atoms with Crippen molar-refractivity contribution in [2.75, 3.05) is 5.32 Å². The number of aromatic nitrogens is 1. The zero-order valence-corrected chi connectivity index (χ0v) is 14.3. The first-order valence-corrected chi connectivity index (χ1v) is 8.69. The first kappa shape index (κ1) is 14.4. The fourth-order valence-electron chi connectivity index (χ4n) is 1.84. The predicted octanol–water partition coefficient (Wildman–Crippen LogP) is 5.19. The highest BCUT2D eigenvalue weighted by atomic mass is 79.9. The van der Waals surface area contributed by atoms with Gasteiger partial charge in [0, 0.05) is 10.2 Å². The summed E-state index contributed by atoms with van der Waals surface area (Å²) in [4.78, 5) is 18.3. The van der Waals surface area contributed by atoms with Crippen molar-refractivity contribution in [1.29, 1.82) is 0 Å². The van der Waals surface area contributed by atoms with Gasteiger partial charge < -0.3 is 5.32 Å². The van der Waals surface area contributed by atoms with Crippen LogP contribution in [-0.4, -0.2) is 10.9 Å². The van der Waals surface area contributed by atoms with E-state index in [0.29, 0.717) is 4.88 Å². The van der Waals surface area contributed by atoms with E-state index in [1.54, 1.807) is 17.5 Å². The van der Waals surface area contributed by atoms with Crippen LogP contribution >= 0.6 is 38.6 Å². The van der Waals surface area contributed by atoms with Gasteiger partial charge in [-0.3, -0.25) is 4.79 Å². The second-order valence-electron chi connectivity index (χ2n) is 4.42. The molecular weight excluding hydrogens is 368 g/mol. The van der Waals surface area contributed by atoms with Crippen LogP contribution in [0.3, 0.4) is 0 Å². The minimum atomic E-state index is -0.124. The number of hydrogen-bond acceptors (Lipinski definition) is 4. The van der Waals surface area contributed by atoms with Crippen LogP contribution in [0.1, 0.15) is 15.2 Å². The second kappa shape index (κ2) is 6.09. The third kappa shape index (κ3) is 3.23. The van der Waals surface area contributed by atoms with Crippen LogP contribution in [0.25, 0.3) is 9.88 Å². The van der Waals surface area contributed by atoms with E-state index in [1.165, 1.54) is 11.3 Å². The van der Waals surface area contributed by atoms with Crippen LogP contribution in [0.15, 0.2) is 46.4 Å². The van der Waals surface area contributed by atoms with Crippen LogP contribution in [0, 0.1) is 6.92 Å². The van der Waals surface area contributed by atoms with Gasteiger partial charge in [0.25, 0.3) is 5.91 Å². The SMILES string of the molecule is Cc1cc(Br)ccc1NC(=O)c1cnc(-c2cccs2)s1. The lowest BCUT2D eigenvalue weighted by molar-refractivity contribution is 0.103. The van der Waals surface area contributed by atoms with E-state index in [2.05, 4.69) is 26.2 Å². The molecule has 1 N–H and O–H groups in total. The van der Waals surface area contributed by atoms with Crippen molar-refractivity contribution in [2.24, 2.45) is 0 Å². The summed E-state index contributed by atoms with van der Waals surface area (Å²) >= 11 is 6.44. The van der Waals surface area contributed by atoms with Crippen molar-refractivity contribution in [2.45, 2.75) is 6.92 Å². The predicted molar refractivity (Wildman–Crippen MR) is 92.3 cm³/mol. The summed E-state index contributed by atoms with van der Waals surface area (Å²) in [5.41, 5.74) is 1.83. The fourth-order valence-corrected chi connectivity index (χ4v) is 3.94. The molecule has 0 aliphatic heterocycles. The summed E-state index contributed by atoms with van der Waals surface area (Å²) in [5, 5.41) is 5.81. The largest absolute Gasteiger partial charge is 0.321 e. The maximum Gasteiger partial charge on any atom is 0.267 e. The molecule has 0 fully saturated rings. The number of aryl methyl sites for hydroxylation is 1. The van der Waals surface area contributed by atoms with Crippen LogP contribution in [-0.2, 0) is 0 Å². The molecular formula is C15H11BrN2OS2. The maximum atomic E-state index is 12.3. The molecule has 0 radical (unpaired) electrons. The Kier molecular flexibility index (Phi) is 4.19. The summed E-state index contributed by atoms with van der Waals surface area (Å²) < 4.78 is 0.996. The monoisotopic (exact) mass is 378 g/mol. The highest BCUT2D eigenvalue weighted by Crippen LogP contribution is 2.29. The molecule has 0 saturated carbocycles. The lowest BCUT2D eigenvalue weighted by Gasteiger charge is -2.07. The number of rotatable bonds is 3. The van der Waals surface area contributed by atoms with Crippen LogP contribution in [0.5, 0.6) is 0 Å². The molecule has 0 saturated heterocycles. The number of nitrogens with zero attached hydrogens (tertiary/aromatic N) is 1. The zero-order chi connectivity index (χ0) is 14.8. The third-order valence-electron chi connectivity index (χ3n) is 2.90. The van der Waals surface area contributed by atoms with E-state index in [0.717, 1.165) is 25.6 Å². The van der Waals surface area contributed by atoms with E-state index in [4.69, 9.17) is 0 Å². The topological polar surface area (TPSA) is 42.0 Å². The quantitative estimate of drug-likeness (QED) is 0.680. The summed E-state index contributed by atoms with van der Waals surface area (Å²) in [6.45, 7) is 1.96. The van der Waals surface area contributed by atoms with E-state index < -0.39 is 0 Å². The molecule has 0 bridgehead atoms. The van der Waals surface area contributed by atoms with Gasteiger partial charge in [-0.1, -0.05) is 22.0 Å². The molecule has 0 spiro atoms. The molecule has 6 heteroatoms. The van der Waals surface area contributed by atoms with Crippen LogP contribution in [0.4, 0.5) is 5.69 Å². The van der Waals surface area contributed by atoms with E-state index >= 15 is 0 Å². The van der Waals surface area contributed by atoms with Gasteiger partial charge >= 0.3 is 0 Å². The number of carbonyl (C=O) groups is 1. The Balaban J connectivity index is 1.79. The number of thiophene rings is 1. The number of benzene rings is 1. The van der Waals surface area contributed by atoms with E-state index in [1.807, 2.05) is 42.6 Å². The van der Waals surface area contributed by atoms with Crippen molar-refractivity contribution in [1.82, 2.24) is 4.98 Å². The Hall–Kier alpha value is -1.50. The molecule has 0 aliphatic carbocycles. The highest BCUT2D eigenvalue weighted by Gasteiger charge is 2.13. The minimum Gasteiger partial charge on any atom is -0.321 e. The standard InChI is InChI=1S/C15H11BrN2OS2/c1-9-7-10(16)4-5-11(9)18-14(19)13-8-17-15(21-13)12-3-2-6-20-12/h2-8H,1H3,(H,18,19). The first-order chi connectivity index (χ1) is 10.1. The molecule has 0 aliphatic rings. The van der Waals surface area contributed by atoms with Gasteiger partial charge in [0.05, 0.1) is 11.1 Å². The van der Waals surface area contributed by atoms with Gasteiger partial charge in [-0.2, -0.15) is 0 Å². The highest BCUT2D eigenvalue weighted by molar-refractivity contribution is 9.10. The lowest BCUT2D eigenvalue weighted by Crippen LogP contribution is -2.11. The average molecular weight is 379 g/mol. The van der Waals surface area contributed by atoms with E-state index in [-0.39, 0.29) is 5.91 Å². The van der Waals surface area contributed by atoms with Crippen molar-refractivity contribution in [3.8, 4) is 9.88 Å². The van der Waals surface area contributed by atoms with Gasteiger partial charge in [-0.05, 0) is 42.1 Å². The molecule has 2 aromatic heterocycles. The Morgan fingerprint density at radius 2 is 2.19 bits per heavy atom. The summed E-state index contributed by atoms with van der Waals surface area (Å²) in [6.07, 6.45) is 1.63. The summed E-state index contributed by atoms with van der Waals surface area (Å²) in [7, 11) is 0.